The van der Waals surface area contributed by atoms with E-state index >= 15 is 0 Å². The van der Waals surface area contributed by atoms with Crippen LogP contribution in [0.5, 0.6) is 0 Å². The van der Waals surface area contributed by atoms with Gasteiger partial charge in [0.15, 0.2) is 0 Å². The number of aromatic nitrogens is 1. The highest BCUT2D eigenvalue weighted by Gasteiger charge is 2.29. The van der Waals surface area contributed by atoms with E-state index in [2.05, 4.69) is 0 Å². The number of amides is 1. The van der Waals surface area contributed by atoms with Crippen molar-refractivity contribution in [2.45, 2.75) is 40.2 Å². The van der Waals surface area contributed by atoms with Gasteiger partial charge in [0.05, 0.1) is 11.3 Å². The van der Waals surface area contributed by atoms with Crippen LogP contribution in [0.3, 0.4) is 0 Å². The maximum Gasteiger partial charge on any atom is 0.365 e. The van der Waals surface area contributed by atoms with Crippen molar-refractivity contribution >= 4 is 11.7 Å². The molecule has 2 aromatic carbocycles. The minimum Gasteiger partial charge on any atom is -0.371 e. The number of carbonyl (C=O) groups is 1. The average Bonchev–Trinajstić information content (AvgIpc) is 2.97. The highest BCUT2D eigenvalue weighted by Crippen LogP contribution is 2.27. The van der Waals surface area contributed by atoms with Crippen LogP contribution in [-0.4, -0.2) is 16.8 Å². The summed E-state index contributed by atoms with van der Waals surface area (Å²) in [6.07, 6.45) is 0.701. The molecule has 0 aliphatic carbocycles. The molecular formula is C22H22F2N2O3. The number of hydrogen-bond acceptors (Lipinski definition) is 3. The van der Waals surface area contributed by atoms with E-state index in [1.54, 1.807) is 32.9 Å². The third-order valence-corrected chi connectivity index (χ3v) is 4.71. The molecule has 0 fully saturated rings. The van der Waals surface area contributed by atoms with Crippen molar-refractivity contribution in [2.75, 3.05) is 4.90 Å². The van der Waals surface area contributed by atoms with Crippen molar-refractivity contribution in [3.05, 3.63) is 75.8 Å². The van der Waals surface area contributed by atoms with Crippen LogP contribution >= 0.6 is 0 Å². The van der Waals surface area contributed by atoms with Gasteiger partial charge in [-0.1, -0.05) is 35.9 Å². The molecule has 7 heteroatoms. The van der Waals surface area contributed by atoms with Gasteiger partial charge in [-0.05, 0) is 50.5 Å². The number of carbonyl (C=O) groups excluding carboxylic acids is 1. The van der Waals surface area contributed by atoms with Gasteiger partial charge in [-0.3, -0.25) is 9.69 Å². The van der Waals surface area contributed by atoms with Crippen molar-refractivity contribution in [3.63, 3.8) is 0 Å². The van der Waals surface area contributed by atoms with E-state index in [9.17, 15) is 18.4 Å². The van der Waals surface area contributed by atoms with Gasteiger partial charge >= 0.3 is 6.03 Å². The summed E-state index contributed by atoms with van der Waals surface area (Å²) in [7, 11) is 0. The zero-order chi connectivity index (χ0) is 21.3. The largest absolute Gasteiger partial charge is 0.371 e. The lowest BCUT2D eigenvalue weighted by Gasteiger charge is -2.26. The van der Waals surface area contributed by atoms with E-state index in [0.29, 0.717) is 28.4 Å². The molecule has 0 saturated carbocycles. The summed E-state index contributed by atoms with van der Waals surface area (Å²) in [6.45, 7) is 6.89. The Kier molecular flexibility index (Phi) is 5.68. The molecule has 0 spiro atoms. The molecule has 0 N–H and O–H groups in total. The first-order valence-electron chi connectivity index (χ1n) is 9.36. The van der Waals surface area contributed by atoms with E-state index in [0.717, 1.165) is 22.6 Å². The Morgan fingerprint density at radius 3 is 2.48 bits per heavy atom. The zero-order valence-electron chi connectivity index (χ0n) is 16.7. The fourth-order valence-electron chi connectivity index (χ4n) is 3.36. The third kappa shape index (κ3) is 3.72. The number of hydrogen-bond donors (Lipinski definition) is 0. The second kappa shape index (κ2) is 8.03. The number of nitrogens with zero attached hydrogens (tertiary/aromatic N) is 2. The van der Waals surface area contributed by atoms with Gasteiger partial charge in [0.1, 0.15) is 17.4 Å². The van der Waals surface area contributed by atoms with Crippen LogP contribution in [0.25, 0.3) is 11.1 Å². The molecule has 0 aliphatic heterocycles. The summed E-state index contributed by atoms with van der Waals surface area (Å²) < 4.78 is 33.8. The second-order valence-corrected chi connectivity index (χ2v) is 6.97. The van der Waals surface area contributed by atoms with Crippen molar-refractivity contribution < 1.29 is 18.1 Å². The fourth-order valence-corrected chi connectivity index (χ4v) is 3.36. The summed E-state index contributed by atoms with van der Waals surface area (Å²) >= 11 is 0. The Hall–Kier alpha value is -3.22. The summed E-state index contributed by atoms with van der Waals surface area (Å²) in [5.41, 5.74) is 1.17. The Labute approximate surface area is 167 Å². The molecule has 3 aromatic rings. The number of aryl methyl sites for hydroxylation is 2. The van der Waals surface area contributed by atoms with Gasteiger partial charge in [-0.15, -0.1) is 0 Å². The summed E-state index contributed by atoms with van der Waals surface area (Å²) in [5, 5.41) is 0. The van der Waals surface area contributed by atoms with Crippen LogP contribution in [0.1, 0.15) is 32.1 Å². The smallest absolute Gasteiger partial charge is 0.365 e. The predicted octanol–water partition coefficient (Wildman–Crippen LogP) is 5.14. The summed E-state index contributed by atoms with van der Waals surface area (Å²) in [5.74, 6) is -1.38. The normalized spacial score (nSPS) is 11.1. The Balaban J connectivity index is 2.13. The number of rotatable bonds is 4. The van der Waals surface area contributed by atoms with Gasteiger partial charge in [0, 0.05) is 12.1 Å². The summed E-state index contributed by atoms with van der Waals surface area (Å²) in [4.78, 5) is 27.3. The lowest BCUT2D eigenvalue weighted by molar-refractivity contribution is 0.210. The molecule has 5 nitrogen and oxygen atoms in total. The number of halogens is 2. The molecule has 0 bridgehead atoms. The minimum absolute atomic E-state index is 0.136. The second-order valence-electron chi connectivity index (χ2n) is 6.97. The minimum atomic E-state index is -0.903. The van der Waals surface area contributed by atoms with E-state index in [-0.39, 0.29) is 11.4 Å². The molecule has 1 heterocycles. The molecule has 0 atom stereocenters. The molecular weight excluding hydrogens is 378 g/mol. The van der Waals surface area contributed by atoms with Crippen molar-refractivity contribution in [3.8, 4) is 11.1 Å². The van der Waals surface area contributed by atoms with Crippen molar-refractivity contribution in [1.29, 1.82) is 0 Å². The number of anilines is 1. The molecule has 1 aromatic heterocycles. The predicted molar refractivity (Wildman–Crippen MR) is 107 cm³/mol. The van der Waals surface area contributed by atoms with E-state index in [1.165, 1.54) is 0 Å². The SMILES string of the molecule is CCc1ccccc1-c1c(C)on(C(=O)N(c2ccc(F)cc2F)C(C)C)c1=O. The van der Waals surface area contributed by atoms with Crippen molar-refractivity contribution in [2.24, 2.45) is 0 Å². The average molecular weight is 400 g/mol. The first-order chi connectivity index (χ1) is 13.8. The Morgan fingerprint density at radius 2 is 1.86 bits per heavy atom. The molecule has 3 rings (SSSR count). The van der Waals surface area contributed by atoms with Crippen LogP contribution in [0.4, 0.5) is 19.3 Å². The van der Waals surface area contributed by atoms with Gasteiger partial charge < -0.3 is 4.52 Å². The Morgan fingerprint density at radius 1 is 1.17 bits per heavy atom. The zero-order valence-corrected chi connectivity index (χ0v) is 16.7. The first kappa shape index (κ1) is 20.5. The van der Waals surface area contributed by atoms with E-state index in [1.807, 2.05) is 19.1 Å². The first-order valence-corrected chi connectivity index (χ1v) is 9.36. The topological polar surface area (TPSA) is 55.5 Å². The lowest BCUT2D eigenvalue weighted by atomic mass is 9.99. The van der Waals surface area contributed by atoms with E-state index < -0.39 is 29.3 Å². The highest BCUT2D eigenvalue weighted by atomic mass is 19.1. The van der Waals surface area contributed by atoms with Gasteiger partial charge in [0.2, 0.25) is 0 Å². The molecule has 0 saturated heterocycles. The van der Waals surface area contributed by atoms with Crippen LogP contribution in [0.2, 0.25) is 0 Å². The van der Waals surface area contributed by atoms with Crippen LogP contribution in [0.15, 0.2) is 51.8 Å². The molecule has 1 amide bonds. The van der Waals surface area contributed by atoms with Crippen LogP contribution in [-0.2, 0) is 6.42 Å². The monoisotopic (exact) mass is 400 g/mol. The molecule has 29 heavy (non-hydrogen) atoms. The molecule has 152 valence electrons. The lowest BCUT2D eigenvalue weighted by Crippen LogP contribution is -2.43. The van der Waals surface area contributed by atoms with Gasteiger partial charge in [0.25, 0.3) is 5.56 Å². The highest BCUT2D eigenvalue weighted by molar-refractivity contribution is 5.94. The van der Waals surface area contributed by atoms with E-state index in [4.69, 9.17) is 4.52 Å². The summed E-state index contributed by atoms with van der Waals surface area (Å²) in [6, 6.07) is 8.94. The molecule has 0 unspecified atom stereocenters. The van der Waals surface area contributed by atoms with Crippen LogP contribution < -0.4 is 10.5 Å². The standard InChI is InChI=1S/C22H22F2N2O3/c1-5-15-8-6-7-9-17(15)20-14(4)29-26(21(20)27)22(28)25(13(2)3)19-11-10-16(23)12-18(19)24/h6-13H,5H2,1-4H3. The quantitative estimate of drug-likeness (QED) is 0.609. The number of benzene rings is 2. The fraction of sp³-hybridized carbons (Fsp3) is 0.273. The maximum absolute atomic E-state index is 14.3. The molecule has 0 radical (unpaired) electrons. The molecule has 0 aliphatic rings. The Bertz CT molecular complexity index is 1120. The van der Waals surface area contributed by atoms with Crippen molar-refractivity contribution in [1.82, 2.24) is 4.74 Å². The van der Waals surface area contributed by atoms with Gasteiger partial charge in [-0.2, -0.15) is 0 Å². The van der Waals surface area contributed by atoms with Gasteiger partial charge in [-0.25, -0.2) is 13.6 Å². The third-order valence-electron chi connectivity index (χ3n) is 4.71. The van der Waals surface area contributed by atoms with Crippen LogP contribution in [0, 0.1) is 18.6 Å². The maximum atomic E-state index is 14.3.